The normalized spacial score (nSPS) is 26.2. The molecule has 2 fully saturated rings. The van der Waals surface area contributed by atoms with E-state index in [9.17, 15) is 13.2 Å². The fourth-order valence-electron chi connectivity index (χ4n) is 6.28. The summed E-state index contributed by atoms with van der Waals surface area (Å²) in [5.41, 5.74) is 1.11. The molecule has 0 bridgehead atoms. The van der Waals surface area contributed by atoms with E-state index in [4.69, 9.17) is 0 Å². The van der Waals surface area contributed by atoms with Gasteiger partial charge in [-0.25, -0.2) is 13.2 Å². The molecule has 1 aliphatic heterocycles. The fraction of sp³-hybridized carbons (Fsp3) is 0.571. The molecule has 2 aromatic rings. The van der Waals surface area contributed by atoms with Gasteiger partial charge in [-0.05, 0) is 78.8 Å². The zero-order chi connectivity index (χ0) is 22.5. The molecule has 4 rings (SSSR count). The number of rotatable bonds is 7. The molecule has 0 atom stereocenters. The molecule has 2 aliphatic rings. The van der Waals surface area contributed by atoms with E-state index in [1.807, 2.05) is 0 Å². The molecule has 1 saturated heterocycles. The second kappa shape index (κ2) is 11.0. The summed E-state index contributed by atoms with van der Waals surface area (Å²) in [6, 6.07) is 13.0. The van der Waals surface area contributed by atoms with Gasteiger partial charge in [-0.15, -0.1) is 0 Å². The van der Waals surface area contributed by atoms with E-state index < -0.39 is 26.2 Å². The third-order valence-electron chi connectivity index (χ3n) is 8.21. The minimum absolute atomic E-state index is 0.0534. The fourth-order valence-corrected chi connectivity index (χ4v) is 9.81. The lowest BCUT2D eigenvalue weighted by Crippen LogP contribution is -2.28. The van der Waals surface area contributed by atoms with E-state index >= 15 is 0 Å². The standard InChI is InChI=1S/C28H37F3Si/c1-2-3-4-15-32-16-13-22(14-17-32)20-5-7-21(8-6-20)24-18-26(30)28(27(31)19-24)23-9-11-25(29)12-10-23/h9-12,18-22,32H,2-8,13-17H2,1H3/t20-,21-,22?,32?. The molecule has 0 amide bonds. The van der Waals surface area contributed by atoms with Crippen LogP contribution in [0.3, 0.4) is 0 Å². The Kier molecular flexibility index (Phi) is 8.15. The highest BCUT2D eigenvalue weighted by Crippen LogP contribution is 2.44. The highest BCUT2D eigenvalue weighted by atomic mass is 28.3. The van der Waals surface area contributed by atoms with Crippen molar-refractivity contribution in [2.24, 2.45) is 11.8 Å². The maximum Gasteiger partial charge on any atom is 0.134 e. The van der Waals surface area contributed by atoms with E-state index in [-0.39, 0.29) is 11.5 Å². The number of unbranched alkanes of at least 4 members (excludes halogenated alkanes) is 2. The summed E-state index contributed by atoms with van der Waals surface area (Å²) in [7, 11) is -0.461. The molecule has 0 radical (unpaired) electrons. The summed E-state index contributed by atoms with van der Waals surface area (Å²) in [6.45, 7) is 2.29. The molecule has 0 aromatic heterocycles. The lowest BCUT2D eigenvalue weighted by molar-refractivity contribution is 0.216. The smallest absolute Gasteiger partial charge is 0.134 e. The van der Waals surface area contributed by atoms with Crippen molar-refractivity contribution in [3.63, 3.8) is 0 Å². The first kappa shape index (κ1) is 23.6. The first-order valence-corrected chi connectivity index (χ1v) is 15.2. The van der Waals surface area contributed by atoms with Crippen LogP contribution >= 0.6 is 0 Å². The molecule has 1 aliphatic carbocycles. The van der Waals surface area contributed by atoms with Crippen LogP contribution < -0.4 is 0 Å². The van der Waals surface area contributed by atoms with Crippen LogP contribution in [0.2, 0.25) is 18.1 Å². The molecule has 4 heteroatoms. The van der Waals surface area contributed by atoms with Crippen molar-refractivity contribution >= 4 is 8.80 Å². The van der Waals surface area contributed by atoms with E-state index in [0.29, 0.717) is 5.56 Å². The van der Waals surface area contributed by atoms with Gasteiger partial charge in [0.1, 0.15) is 17.5 Å². The molecule has 32 heavy (non-hydrogen) atoms. The molecular formula is C28H37F3Si. The molecule has 0 spiro atoms. The zero-order valence-corrected chi connectivity index (χ0v) is 20.5. The Morgan fingerprint density at radius 3 is 1.97 bits per heavy atom. The van der Waals surface area contributed by atoms with Gasteiger partial charge in [-0.1, -0.05) is 69.3 Å². The van der Waals surface area contributed by atoms with E-state index in [0.717, 1.165) is 30.2 Å². The van der Waals surface area contributed by atoms with Crippen molar-refractivity contribution in [3.05, 3.63) is 59.4 Å². The molecule has 0 N–H and O–H groups in total. The van der Waals surface area contributed by atoms with Gasteiger partial charge in [0.25, 0.3) is 0 Å². The monoisotopic (exact) mass is 458 g/mol. The topological polar surface area (TPSA) is 0 Å². The van der Waals surface area contributed by atoms with Crippen molar-refractivity contribution < 1.29 is 13.2 Å². The van der Waals surface area contributed by atoms with Crippen molar-refractivity contribution in [1.82, 2.24) is 0 Å². The van der Waals surface area contributed by atoms with E-state index in [1.54, 1.807) is 6.04 Å². The average molecular weight is 459 g/mol. The Bertz CT molecular complexity index is 840. The zero-order valence-electron chi connectivity index (χ0n) is 19.4. The largest absolute Gasteiger partial charge is 0.207 e. The lowest BCUT2D eigenvalue weighted by Gasteiger charge is -2.37. The molecule has 174 valence electrons. The van der Waals surface area contributed by atoms with Crippen LogP contribution in [0.1, 0.15) is 76.2 Å². The van der Waals surface area contributed by atoms with Crippen LogP contribution in [0, 0.1) is 29.3 Å². The Morgan fingerprint density at radius 1 is 0.781 bits per heavy atom. The van der Waals surface area contributed by atoms with Gasteiger partial charge in [0.05, 0.1) is 5.56 Å². The Hall–Kier alpha value is -1.55. The third-order valence-corrected chi connectivity index (χ3v) is 11.7. The van der Waals surface area contributed by atoms with Gasteiger partial charge in [-0.3, -0.25) is 0 Å². The third kappa shape index (κ3) is 5.68. The van der Waals surface area contributed by atoms with Gasteiger partial charge in [0, 0.05) is 8.80 Å². The minimum atomic E-state index is -0.542. The lowest BCUT2D eigenvalue weighted by atomic mass is 9.72. The summed E-state index contributed by atoms with van der Waals surface area (Å²) in [6.07, 6.45) is 11.5. The van der Waals surface area contributed by atoms with E-state index in [1.165, 1.54) is 93.4 Å². The summed E-state index contributed by atoms with van der Waals surface area (Å²) >= 11 is 0. The Labute approximate surface area is 193 Å². The van der Waals surface area contributed by atoms with Gasteiger partial charge in [0.15, 0.2) is 0 Å². The van der Waals surface area contributed by atoms with Crippen LogP contribution in [0.5, 0.6) is 0 Å². The second-order valence-corrected chi connectivity index (χ2v) is 13.7. The van der Waals surface area contributed by atoms with E-state index in [2.05, 4.69) is 6.92 Å². The van der Waals surface area contributed by atoms with Gasteiger partial charge < -0.3 is 0 Å². The highest BCUT2D eigenvalue weighted by Gasteiger charge is 2.32. The van der Waals surface area contributed by atoms with Crippen LogP contribution in [-0.2, 0) is 0 Å². The van der Waals surface area contributed by atoms with Gasteiger partial charge in [0.2, 0.25) is 0 Å². The minimum Gasteiger partial charge on any atom is -0.207 e. The van der Waals surface area contributed by atoms with Crippen LogP contribution in [0.4, 0.5) is 13.2 Å². The predicted octanol–water partition coefficient (Wildman–Crippen LogP) is 8.87. The van der Waals surface area contributed by atoms with Gasteiger partial charge >= 0.3 is 0 Å². The maximum atomic E-state index is 14.8. The summed E-state index contributed by atoms with van der Waals surface area (Å²) in [5, 5.41) is 0. The van der Waals surface area contributed by atoms with Gasteiger partial charge in [-0.2, -0.15) is 0 Å². The van der Waals surface area contributed by atoms with Crippen LogP contribution in [-0.4, -0.2) is 8.80 Å². The quantitative estimate of drug-likeness (QED) is 0.287. The Balaban J connectivity index is 1.32. The first-order chi connectivity index (χ1) is 15.5. The maximum absolute atomic E-state index is 14.8. The number of halogens is 3. The summed E-state index contributed by atoms with van der Waals surface area (Å²) < 4.78 is 42.8. The molecular weight excluding hydrogens is 421 g/mol. The summed E-state index contributed by atoms with van der Waals surface area (Å²) in [4.78, 5) is 0. The summed E-state index contributed by atoms with van der Waals surface area (Å²) in [5.74, 6) is 0.456. The van der Waals surface area contributed by atoms with Crippen molar-refractivity contribution in [1.29, 1.82) is 0 Å². The molecule has 0 unspecified atom stereocenters. The highest BCUT2D eigenvalue weighted by molar-refractivity contribution is 6.58. The number of benzene rings is 2. The average Bonchev–Trinajstić information content (AvgIpc) is 2.81. The SMILES string of the molecule is CCCCC[SiH]1CCC([C@H]2CC[C@H](c3cc(F)c(-c4ccc(F)cc4)c(F)c3)CC2)CC1. The van der Waals surface area contributed by atoms with Crippen LogP contribution in [0.15, 0.2) is 36.4 Å². The molecule has 2 aromatic carbocycles. The molecule has 1 saturated carbocycles. The first-order valence-electron chi connectivity index (χ1n) is 12.8. The van der Waals surface area contributed by atoms with Crippen molar-refractivity contribution in [2.75, 3.05) is 0 Å². The second-order valence-electron chi connectivity index (χ2n) is 10.3. The molecule has 1 heterocycles. The molecule has 0 nitrogen and oxygen atoms in total. The Morgan fingerprint density at radius 2 is 1.38 bits per heavy atom. The van der Waals surface area contributed by atoms with Crippen LogP contribution in [0.25, 0.3) is 11.1 Å². The van der Waals surface area contributed by atoms with Crippen molar-refractivity contribution in [2.45, 2.75) is 88.8 Å². The predicted molar refractivity (Wildman–Crippen MR) is 130 cm³/mol. The number of hydrogen-bond acceptors (Lipinski definition) is 0. The number of hydrogen-bond donors (Lipinski definition) is 0. The van der Waals surface area contributed by atoms with Crippen molar-refractivity contribution in [3.8, 4) is 11.1 Å².